The molecular weight excluding hydrogens is 218 g/mol. The van der Waals surface area contributed by atoms with Gasteiger partial charge in [0.1, 0.15) is 0 Å². The highest BCUT2D eigenvalue weighted by Crippen LogP contribution is 2.29. The predicted octanol–water partition coefficient (Wildman–Crippen LogP) is -0.0530. The minimum absolute atomic E-state index is 0.00630. The predicted molar refractivity (Wildman–Crippen MR) is 64.2 cm³/mol. The lowest BCUT2D eigenvalue weighted by Gasteiger charge is -2.30. The van der Waals surface area contributed by atoms with Crippen LogP contribution in [-0.4, -0.2) is 53.3 Å². The van der Waals surface area contributed by atoms with Gasteiger partial charge in [0.2, 0.25) is 11.8 Å². The molecule has 0 aromatic heterocycles. The van der Waals surface area contributed by atoms with E-state index in [0.29, 0.717) is 12.6 Å². The summed E-state index contributed by atoms with van der Waals surface area (Å²) in [5.41, 5.74) is 5.41. The van der Waals surface area contributed by atoms with Crippen LogP contribution in [0.5, 0.6) is 0 Å². The van der Waals surface area contributed by atoms with Crippen molar-refractivity contribution in [3.8, 4) is 0 Å². The molecule has 5 nitrogen and oxygen atoms in total. The molecule has 0 aromatic rings. The van der Waals surface area contributed by atoms with E-state index in [-0.39, 0.29) is 24.4 Å². The molecule has 2 rings (SSSR count). The highest BCUT2D eigenvalue weighted by molar-refractivity contribution is 5.79. The Hall–Kier alpha value is -1.10. The smallest absolute Gasteiger partial charge is 0.236 e. The topological polar surface area (TPSA) is 66.6 Å². The Morgan fingerprint density at radius 3 is 2.59 bits per heavy atom. The number of carbonyl (C=O) groups excluding carboxylic acids is 2. The fraction of sp³-hybridized carbons (Fsp3) is 0.833. The van der Waals surface area contributed by atoms with Gasteiger partial charge in [0.05, 0.1) is 6.54 Å². The average Bonchev–Trinajstić information content (AvgIpc) is 3.03. The summed E-state index contributed by atoms with van der Waals surface area (Å²) in [6.07, 6.45) is 4.23. The van der Waals surface area contributed by atoms with Gasteiger partial charge in [0, 0.05) is 32.1 Å². The lowest BCUT2D eigenvalue weighted by Crippen LogP contribution is -2.47. The largest absolute Gasteiger partial charge is 0.338 e. The molecular formula is C12H21N3O2. The van der Waals surface area contributed by atoms with Crippen LogP contribution in [0.4, 0.5) is 0 Å². The molecule has 1 saturated carbocycles. The van der Waals surface area contributed by atoms with Gasteiger partial charge in [0.15, 0.2) is 0 Å². The van der Waals surface area contributed by atoms with E-state index in [2.05, 4.69) is 0 Å². The third-order valence-corrected chi connectivity index (χ3v) is 3.67. The minimum atomic E-state index is 0.00630. The van der Waals surface area contributed by atoms with E-state index in [1.807, 2.05) is 9.80 Å². The van der Waals surface area contributed by atoms with Gasteiger partial charge < -0.3 is 15.5 Å². The fourth-order valence-corrected chi connectivity index (χ4v) is 2.62. The number of nitrogens with zero attached hydrogens (tertiary/aromatic N) is 2. The second-order valence-electron chi connectivity index (χ2n) is 4.99. The summed E-state index contributed by atoms with van der Waals surface area (Å²) in [7, 11) is 0. The van der Waals surface area contributed by atoms with Crippen molar-refractivity contribution in [2.75, 3.05) is 19.6 Å². The van der Waals surface area contributed by atoms with E-state index in [1.54, 1.807) is 6.92 Å². The van der Waals surface area contributed by atoms with Crippen LogP contribution in [0.3, 0.4) is 0 Å². The second kappa shape index (κ2) is 5.04. The van der Waals surface area contributed by atoms with Crippen molar-refractivity contribution in [2.45, 2.75) is 44.7 Å². The molecule has 2 aliphatic rings. The Morgan fingerprint density at radius 1 is 1.35 bits per heavy atom. The molecule has 96 valence electrons. The van der Waals surface area contributed by atoms with Gasteiger partial charge in [-0.05, 0) is 25.7 Å². The van der Waals surface area contributed by atoms with Crippen LogP contribution in [0.2, 0.25) is 0 Å². The molecule has 0 aromatic carbocycles. The van der Waals surface area contributed by atoms with E-state index in [0.717, 1.165) is 32.2 Å². The van der Waals surface area contributed by atoms with Crippen molar-refractivity contribution in [2.24, 2.45) is 5.73 Å². The van der Waals surface area contributed by atoms with E-state index in [4.69, 9.17) is 5.73 Å². The number of likely N-dealkylation sites (tertiary alicyclic amines) is 1. The number of amides is 2. The normalized spacial score (nSPS) is 23.9. The van der Waals surface area contributed by atoms with Crippen LogP contribution in [-0.2, 0) is 9.59 Å². The molecule has 2 amide bonds. The molecule has 5 heteroatoms. The maximum absolute atomic E-state index is 11.7. The molecule has 0 spiro atoms. The van der Waals surface area contributed by atoms with Gasteiger partial charge in [-0.3, -0.25) is 9.59 Å². The molecule has 2 fully saturated rings. The monoisotopic (exact) mass is 239 g/mol. The molecule has 2 N–H and O–H groups in total. The first-order valence-corrected chi connectivity index (χ1v) is 6.40. The number of nitrogens with two attached hydrogens (primary N) is 1. The molecule has 1 atom stereocenters. The standard InChI is InChI=1S/C12H21N3O2/c1-9(16)15(10-4-5-10)8-11-3-2-6-14(11)12(17)7-13/h10-11H,2-8,13H2,1H3. The lowest BCUT2D eigenvalue weighted by atomic mass is 10.2. The molecule has 1 heterocycles. The fourth-order valence-electron chi connectivity index (χ4n) is 2.62. The van der Waals surface area contributed by atoms with Crippen molar-refractivity contribution >= 4 is 11.8 Å². The van der Waals surface area contributed by atoms with Crippen LogP contribution in [0, 0.1) is 0 Å². The van der Waals surface area contributed by atoms with Gasteiger partial charge in [0.25, 0.3) is 0 Å². The minimum Gasteiger partial charge on any atom is -0.338 e. The van der Waals surface area contributed by atoms with E-state index in [1.165, 1.54) is 0 Å². The molecule has 1 aliphatic carbocycles. The first-order chi connectivity index (χ1) is 8.13. The number of hydrogen-bond donors (Lipinski definition) is 1. The summed E-state index contributed by atoms with van der Waals surface area (Å²) in [5, 5.41) is 0. The molecule has 1 saturated heterocycles. The number of rotatable bonds is 4. The summed E-state index contributed by atoms with van der Waals surface area (Å²) in [6.45, 7) is 3.16. The molecule has 17 heavy (non-hydrogen) atoms. The highest BCUT2D eigenvalue weighted by atomic mass is 16.2. The van der Waals surface area contributed by atoms with Gasteiger partial charge in [-0.1, -0.05) is 0 Å². The Kier molecular flexibility index (Phi) is 3.66. The van der Waals surface area contributed by atoms with Crippen molar-refractivity contribution in [3.63, 3.8) is 0 Å². The second-order valence-corrected chi connectivity index (χ2v) is 4.99. The summed E-state index contributed by atoms with van der Waals surface area (Å²) in [5.74, 6) is 0.131. The Morgan fingerprint density at radius 2 is 2.06 bits per heavy atom. The zero-order valence-corrected chi connectivity index (χ0v) is 10.4. The average molecular weight is 239 g/mol. The van der Waals surface area contributed by atoms with Gasteiger partial charge in [-0.25, -0.2) is 0 Å². The summed E-state index contributed by atoms with van der Waals surface area (Å²) >= 11 is 0. The van der Waals surface area contributed by atoms with Crippen LogP contribution >= 0.6 is 0 Å². The van der Waals surface area contributed by atoms with Crippen LogP contribution in [0.25, 0.3) is 0 Å². The molecule has 1 aliphatic heterocycles. The van der Waals surface area contributed by atoms with E-state index < -0.39 is 0 Å². The Labute approximate surface area is 102 Å². The SMILES string of the molecule is CC(=O)N(CC1CCCN1C(=O)CN)C1CC1. The molecule has 0 bridgehead atoms. The van der Waals surface area contributed by atoms with E-state index in [9.17, 15) is 9.59 Å². The van der Waals surface area contributed by atoms with Crippen LogP contribution in [0.15, 0.2) is 0 Å². The highest BCUT2D eigenvalue weighted by Gasteiger charge is 2.36. The summed E-state index contributed by atoms with van der Waals surface area (Å²) in [6, 6.07) is 0.596. The summed E-state index contributed by atoms with van der Waals surface area (Å²) in [4.78, 5) is 27.0. The lowest BCUT2D eigenvalue weighted by molar-refractivity contribution is -0.134. The van der Waals surface area contributed by atoms with E-state index >= 15 is 0 Å². The first-order valence-electron chi connectivity index (χ1n) is 6.40. The van der Waals surface area contributed by atoms with Crippen LogP contribution < -0.4 is 5.73 Å². The van der Waals surface area contributed by atoms with Crippen LogP contribution in [0.1, 0.15) is 32.6 Å². The van der Waals surface area contributed by atoms with Crippen molar-refractivity contribution in [1.29, 1.82) is 0 Å². The summed E-state index contributed by atoms with van der Waals surface area (Å²) < 4.78 is 0. The quantitative estimate of drug-likeness (QED) is 0.748. The first kappa shape index (κ1) is 12.4. The van der Waals surface area contributed by atoms with Crippen molar-refractivity contribution in [3.05, 3.63) is 0 Å². The number of hydrogen-bond acceptors (Lipinski definition) is 3. The Bertz CT molecular complexity index is 315. The zero-order valence-electron chi connectivity index (χ0n) is 10.4. The van der Waals surface area contributed by atoms with Gasteiger partial charge >= 0.3 is 0 Å². The maximum atomic E-state index is 11.7. The Balaban J connectivity index is 1.96. The maximum Gasteiger partial charge on any atom is 0.236 e. The zero-order chi connectivity index (χ0) is 12.4. The number of carbonyl (C=O) groups is 2. The van der Waals surface area contributed by atoms with Gasteiger partial charge in [-0.2, -0.15) is 0 Å². The molecule has 0 radical (unpaired) electrons. The van der Waals surface area contributed by atoms with Crippen molar-refractivity contribution in [1.82, 2.24) is 9.80 Å². The third kappa shape index (κ3) is 2.77. The van der Waals surface area contributed by atoms with Crippen molar-refractivity contribution < 1.29 is 9.59 Å². The van der Waals surface area contributed by atoms with Gasteiger partial charge in [-0.15, -0.1) is 0 Å². The third-order valence-electron chi connectivity index (χ3n) is 3.67. The molecule has 1 unspecified atom stereocenters.